The summed E-state index contributed by atoms with van der Waals surface area (Å²) in [5.41, 5.74) is 1.07. The van der Waals surface area contributed by atoms with Gasteiger partial charge in [-0.25, -0.2) is 0 Å². The zero-order valence-electron chi connectivity index (χ0n) is 12.0. The normalized spacial score (nSPS) is 10.4. The molecule has 2 N–H and O–H groups in total. The minimum atomic E-state index is 0.289. The molecule has 0 aliphatic carbocycles. The van der Waals surface area contributed by atoms with Crippen LogP contribution in [0.3, 0.4) is 0 Å². The van der Waals surface area contributed by atoms with Crippen molar-refractivity contribution in [3.8, 4) is 5.75 Å². The van der Waals surface area contributed by atoms with Gasteiger partial charge in [0.25, 0.3) is 0 Å². The fourth-order valence-corrected chi connectivity index (χ4v) is 1.91. The largest absolute Gasteiger partial charge is 0.491 e. The summed E-state index contributed by atoms with van der Waals surface area (Å²) in [5, 5.41) is 12.1. The highest BCUT2D eigenvalue weighted by atomic mass is 16.5. The summed E-state index contributed by atoms with van der Waals surface area (Å²) in [6.45, 7) is 4.20. The van der Waals surface area contributed by atoms with Gasteiger partial charge in [-0.05, 0) is 37.8 Å². The highest BCUT2D eigenvalue weighted by Gasteiger charge is 2.01. The van der Waals surface area contributed by atoms with Crippen LogP contribution in [-0.2, 0) is 0 Å². The fraction of sp³-hybridized carbons (Fsp3) is 0.625. The van der Waals surface area contributed by atoms with Gasteiger partial charge in [0.05, 0.1) is 12.3 Å². The lowest BCUT2D eigenvalue weighted by Crippen LogP contribution is -2.05. The van der Waals surface area contributed by atoms with Gasteiger partial charge in [-0.1, -0.05) is 31.9 Å². The van der Waals surface area contributed by atoms with Crippen molar-refractivity contribution in [1.29, 1.82) is 0 Å². The molecular formula is C16H27NO2. The van der Waals surface area contributed by atoms with Gasteiger partial charge in [0.1, 0.15) is 5.75 Å². The lowest BCUT2D eigenvalue weighted by molar-refractivity contribution is 0.283. The Morgan fingerprint density at radius 3 is 2.68 bits per heavy atom. The SMILES string of the molecule is CCCCCOc1ccccc1NCCCCCO. The molecule has 0 heterocycles. The second-order valence-electron chi connectivity index (χ2n) is 4.76. The molecule has 0 amide bonds. The van der Waals surface area contributed by atoms with Crippen LogP contribution in [0.5, 0.6) is 5.75 Å². The van der Waals surface area contributed by atoms with Crippen molar-refractivity contribution in [3.05, 3.63) is 24.3 Å². The molecule has 0 spiro atoms. The summed E-state index contributed by atoms with van der Waals surface area (Å²) in [6.07, 6.45) is 6.57. The van der Waals surface area contributed by atoms with Gasteiger partial charge in [0.2, 0.25) is 0 Å². The van der Waals surface area contributed by atoms with Crippen LogP contribution < -0.4 is 10.1 Å². The molecule has 1 rings (SSSR count). The molecule has 3 nitrogen and oxygen atoms in total. The van der Waals surface area contributed by atoms with E-state index in [-0.39, 0.29) is 6.61 Å². The zero-order chi connectivity index (χ0) is 13.8. The molecule has 1 aromatic carbocycles. The lowest BCUT2D eigenvalue weighted by Gasteiger charge is -2.13. The van der Waals surface area contributed by atoms with Crippen LogP contribution in [0.15, 0.2) is 24.3 Å². The molecule has 0 aliphatic heterocycles. The van der Waals surface area contributed by atoms with Crippen molar-refractivity contribution in [2.24, 2.45) is 0 Å². The molecule has 0 saturated heterocycles. The first-order chi connectivity index (χ1) is 9.38. The summed E-state index contributed by atoms with van der Waals surface area (Å²) >= 11 is 0. The molecule has 0 unspecified atom stereocenters. The fourth-order valence-electron chi connectivity index (χ4n) is 1.91. The summed E-state index contributed by atoms with van der Waals surface area (Å²) in [6, 6.07) is 8.10. The second kappa shape index (κ2) is 10.7. The van der Waals surface area contributed by atoms with Gasteiger partial charge in [0.15, 0.2) is 0 Å². The highest BCUT2D eigenvalue weighted by molar-refractivity contribution is 5.56. The van der Waals surface area contributed by atoms with Crippen LogP contribution in [0.1, 0.15) is 45.4 Å². The first-order valence-electron chi connectivity index (χ1n) is 7.45. The van der Waals surface area contributed by atoms with E-state index in [2.05, 4.69) is 18.3 Å². The van der Waals surface area contributed by atoms with E-state index in [1.165, 1.54) is 12.8 Å². The van der Waals surface area contributed by atoms with Crippen molar-refractivity contribution >= 4 is 5.69 Å². The van der Waals surface area contributed by atoms with Crippen LogP contribution in [0.25, 0.3) is 0 Å². The molecule has 0 aliphatic rings. The Labute approximate surface area is 117 Å². The third kappa shape index (κ3) is 7.06. The average molecular weight is 265 g/mol. The number of hydrogen-bond donors (Lipinski definition) is 2. The number of aliphatic hydroxyl groups is 1. The molecule has 1 aromatic rings. The predicted octanol–water partition coefficient (Wildman–Crippen LogP) is 3.83. The third-order valence-electron chi connectivity index (χ3n) is 3.04. The number of unbranched alkanes of at least 4 members (excludes halogenated alkanes) is 4. The van der Waals surface area contributed by atoms with Crippen molar-refractivity contribution in [2.45, 2.75) is 45.4 Å². The van der Waals surface area contributed by atoms with Crippen molar-refractivity contribution < 1.29 is 9.84 Å². The van der Waals surface area contributed by atoms with Gasteiger partial charge in [-0.15, -0.1) is 0 Å². The van der Waals surface area contributed by atoms with E-state index in [0.717, 1.165) is 50.3 Å². The zero-order valence-corrected chi connectivity index (χ0v) is 12.0. The number of rotatable bonds is 11. The van der Waals surface area contributed by atoms with Gasteiger partial charge < -0.3 is 15.2 Å². The summed E-state index contributed by atoms with van der Waals surface area (Å²) in [4.78, 5) is 0. The summed E-state index contributed by atoms with van der Waals surface area (Å²) in [5.74, 6) is 0.945. The third-order valence-corrected chi connectivity index (χ3v) is 3.04. The number of benzene rings is 1. The van der Waals surface area contributed by atoms with Gasteiger partial charge in [-0.3, -0.25) is 0 Å². The molecule has 0 atom stereocenters. The quantitative estimate of drug-likeness (QED) is 0.597. The Morgan fingerprint density at radius 2 is 1.89 bits per heavy atom. The van der Waals surface area contributed by atoms with Gasteiger partial charge in [0, 0.05) is 13.2 Å². The van der Waals surface area contributed by atoms with E-state index in [4.69, 9.17) is 9.84 Å². The number of aliphatic hydroxyl groups excluding tert-OH is 1. The Morgan fingerprint density at radius 1 is 1.05 bits per heavy atom. The summed E-state index contributed by atoms with van der Waals surface area (Å²) < 4.78 is 5.81. The maximum Gasteiger partial charge on any atom is 0.142 e. The van der Waals surface area contributed by atoms with E-state index in [1.54, 1.807) is 0 Å². The number of para-hydroxylation sites is 2. The van der Waals surface area contributed by atoms with E-state index in [0.29, 0.717) is 0 Å². The lowest BCUT2D eigenvalue weighted by atomic mass is 10.2. The minimum Gasteiger partial charge on any atom is -0.491 e. The number of anilines is 1. The van der Waals surface area contributed by atoms with E-state index in [1.807, 2.05) is 18.2 Å². The van der Waals surface area contributed by atoms with Crippen LogP contribution in [0, 0.1) is 0 Å². The Balaban J connectivity index is 2.31. The van der Waals surface area contributed by atoms with Crippen LogP contribution in [0.2, 0.25) is 0 Å². The first kappa shape index (κ1) is 15.8. The van der Waals surface area contributed by atoms with Crippen LogP contribution >= 0.6 is 0 Å². The average Bonchev–Trinajstić information content (AvgIpc) is 2.45. The second-order valence-corrected chi connectivity index (χ2v) is 4.76. The maximum atomic E-state index is 8.73. The Kier molecular flexibility index (Phi) is 8.90. The maximum absolute atomic E-state index is 8.73. The topological polar surface area (TPSA) is 41.5 Å². The Bertz CT molecular complexity index is 328. The van der Waals surface area contributed by atoms with E-state index in [9.17, 15) is 0 Å². The molecule has 3 heteroatoms. The number of ether oxygens (including phenoxy) is 1. The first-order valence-corrected chi connectivity index (χ1v) is 7.45. The smallest absolute Gasteiger partial charge is 0.142 e. The molecular weight excluding hydrogens is 238 g/mol. The molecule has 0 radical (unpaired) electrons. The highest BCUT2D eigenvalue weighted by Crippen LogP contribution is 2.24. The van der Waals surface area contributed by atoms with E-state index < -0.39 is 0 Å². The number of hydrogen-bond acceptors (Lipinski definition) is 3. The molecule has 108 valence electrons. The summed E-state index contributed by atoms with van der Waals surface area (Å²) in [7, 11) is 0. The predicted molar refractivity (Wildman–Crippen MR) is 80.9 cm³/mol. The van der Waals surface area contributed by atoms with E-state index >= 15 is 0 Å². The Hall–Kier alpha value is -1.22. The van der Waals surface area contributed by atoms with Crippen LogP contribution in [-0.4, -0.2) is 24.9 Å². The minimum absolute atomic E-state index is 0.289. The molecule has 0 aromatic heterocycles. The van der Waals surface area contributed by atoms with Crippen molar-refractivity contribution in [1.82, 2.24) is 0 Å². The van der Waals surface area contributed by atoms with Crippen molar-refractivity contribution in [3.63, 3.8) is 0 Å². The monoisotopic (exact) mass is 265 g/mol. The molecule has 0 fully saturated rings. The van der Waals surface area contributed by atoms with Gasteiger partial charge in [-0.2, -0.15) is 0 Å². The standard InChI is InChI=1S/C16H27NO2/c1-2-3-9-14-19-16-11-6-5-10-15(16)17-12-7-4-8-13-18/h5-6,10-11,17-18H,2-4,7-9,12-14H2,1H3. The molecule has 0 bridgehead atoms. The molecule has 0 saturated carbocycles. The molecule has 19 heavy (non-hydrogen) atoms. The van der Waals surface area contributed by atoms with Crippen LogP contribution in [0.4, 0.5) is 5.69 Å². The van der Waals surface area contributed by atoms with Gasteiger partial charge >= 0.3 is 0 Å². The number of nitrogens with one attached hydrogen (secondary N) is 1. The van der Waals surface area contributed by atoms with Crippen molar-refractivity contribution in [2.75, 3.05) is 25.1 Å².